The van der Waals surface area contributed by atoms with Crippen LogP contribution < -0.4 is 0 Å². The van der Waals surface area contributed by atoms with Gasteiger partial charge in [0.1, 0.15) is 0 Å². The first kappa shape index (κ1) is 7.65. The van der Waals surface area contributed by atoms with Crippen LogP contribution >= 0.6 is 0 Å². The summed E-state index contributed by atoms with van der Waals surface area (Å²) in [7, 11) is 0. The van der Waals surface area contributed by atoms with Gasteiger partial charge in [-0.15, -0.1) is 10.2 Å². The first-order chi connectivity index (χ1) is 3.00. The van der Waals surface area contributed by atoms with Crippen molar-refractivity contribution in [3.05, 3.63) is 18.5 Å². The summed E-state index contributed by atoms with van der Waals surface area (Å²) in [5.74, 6) is 0. The SMILES string of the molecule is [K].c1cnnnc1. The molecule has 31 valence electrons. The topological polar surface area (TPSA) is 38.7 Å². The van der Waals surface area contributed by atoms with E-state index in [-0.39, 0.29) is 51.4 Å². The Balaban J connectivity index is 0.000000360. The molecule has 0 saturated carbocycles. The minimum atomic E-state index is 0. The van der Waals surface area contributed by atoms with Crippen molar-refractivity contribution in [1.82, 2.24) is 15.4 Å². The third-order valence-electron chi connectivity index (χ3n) is 0.409. The number of hydrogen-bond acceptors (Lipinski definition) is 3. The molecule has 3 nitrogen and oxygen atoms in total. The van der Waals surface area contributed by atoms with Crippen LogP contribution in [0.1, 0.15) is 0 Å². The number of nitrogens with zero attached hydrogens (tertiary/aromatic N) is 3. The molecule has 0 unspecified atom stereocenters. The van der Waals surface area contributed by atoms with E-state index < -0.39 is 0 Å². The molecular formula is C3H3KN3. The average Bonchev–Trinajstić information content (AvgIpc) is 1.72. The molecule has 4 heteroatoms. The maximum atomic E-state index is 3.42. The quantitative estimate of drug-likeness (QED) is 0.433. The van der Waals surface area contributed by atoms with Gasteiger partial charge in [0.2, 0.25) is 0 Å². The maximum Gasteiger partial charge on any atom is 0.0529 e. The van der Waals surface area contributed by atoms with E-state index in [0.717, 1.165) is 0 Å². The summed E-state index contributed by atoms with van der Waals surface area (Å²) < 4.78 is 0. The second kappa shape index (κ2) is 4.80. The molecule has 7 heavy (non-hydrogen) atoms. The molecule has 1 heterocycles. The second-order valence-corrected chi connectivity index (χ2v) is 0.811. The zero-order chi connectivity index (χ0) is 4.24. The molecule has 0 N–H and O–H groups in total. The molecule has 0 spiro atoms. The predicted molar refractivity (Wildman–Crippen MR) is 25.6 cm³/mol. The first-order valence-corrected chi connectivity index (χ1v) is 1.58. The molecular weight excluding hydrogens is 117 g/mol. The molecule has 1 aromatic heterocycles. The van der Waals surface area contributed by atoms with E-state index in [1.54, 1.807) is 18.5 Å². The molecule has 0 aliphatic heterocycles. The van der Waals surface area contributed by atoms with Gasteiger partial charge in [0.05, 0.1) is 12.4 Å². The molecule has 0 aromatic carbocycles. The average molecular weight is 120 g/mol. The van der Waals surface area contributed by atoms with Crippen LogP contribution in [0.5, 0.6) is 0 Å². The Bertz CT molecular complexity index is 82.1. The fourth-order valence-electron chi connectivity index (χ4n) is 0.205. The van der Waals surface area contributed by atoms with E-state index in [1.807, 2.05) is 0 Å². The third kappa shape index (κ3) is 3.25. The molecule has 0 atom stereocenters. The van der Waals surface area contributed by atoms with Crippen molar-refractivity contribution in [3.63, 3.8) is 0 Å². The van der Waals surface area contributed by atoms with Crippen LogP contribution in [0, 0.1) is 0 Å². The Kier molecular flexibility index (Phi) is 5.24. The number of aromatic nitrogens is 3. The summed E-state index contributed by atoms with van der Waals surface area (Å²) >= 11 is 0. The van der Waals surface area contributed by atoms with Gasteiger partial charge in [-0.2, -0.15) is 0 Å². The van der Waals surface area contributed by atoms with Gasteiger partial charge in [0.25, 0.3) is 0 Å². The van der Waals surface area contributed by atoms with Crippen molar-refractivity contribution >= 4 is 51.4 Å². The molecule has 0 aliphatic rings. The minimum absolute atomic E-state index is 0. The molecule has 1 rings (SSSR count). The predicted octanol–water partition coefficient (Wildman–Crippen LogP) is -0.509. The van der Waals surface area contributed by atoms with Gasteiger partial charge >= 0.3 is 0 Å². The van der Waals surface area contributed by atoms with Crippen molar-refractivity contribution in [2.45, 2.75) is 0 Å². The van der Waals surface area contributed by atoms with Crippen LogP contribution in [0.4, 0.5) is 0 Å². The Labute approximate surface area is 83.9 Å². The monoisotopic (exact) mass is 120 g/mol. The van der Waals surface area contributed by atoms with Gasteiger partial charge in [-0.05, 0) is 11.3 Å². The van der Waals surface area contributed by atoms with Gasteiger partial charge in [0.15, 0.2) is 0 Å². The summed E-state index contributed by atoms with van der Waals surface area (Å²) in [6.07, 6.45) is 3.15. The van der Waals surface area contributed by atoms with E-state index >= 15 is 0 Å². The summed E-state index contributed by atoms with van der Waals surface area (Å²) in [5, 5.41) is 10.1. The third-order valence-corrected chi connectivity index (χ3v) is 0.409. The minimum Gasteiger partial charge on any atom is -0.139 e. The molecule has 0 bridgehead atoms. The van der Waals surface area contributed by atoms with Gasteiger partial charge in [-0.3, -0.25) is 0 Å². The molecule has 0 fully saturated rings. The van der Waals surface area contributed by atoms with Crippen LogP contribution in [-0.4, -0.2) is 66.8 Å². The van der Waals surface area contributed by atoms with Gasteiger partial charge in [-0.25, -0.2) is 0 Å². The summed E-state index contributed by atoms with van der Waals surface area (Å²) in [6, 6.07) is 1.72. The van der Waals surface area contributed by atoms with Crippen LogP contribution in [-0.2, 0) is 0 Å². The fraction of sp³-hybridized carbons (Fsp3) is 0. The Morgan fingerprint density at radius 3 is 1.71 bits per heavy atom. The van der Waals surface area contributed by atoms with Crippen molar-refractivity contribution in [2.24, 2.45) is 0 Å². The largest absolute Gasteiger partial charge is 0.139 e. The number of hydrogen-bond donors (Lipinski definition) is 0. The zero-order valence-corrected chi connectivity index (χ0v) is 7.20. The standard InChI is InChI=1S/C3H3N3.K/c1-2-4-6-5-3-1;/h1-3H;. The van der Waals surface area contributed by atoms with Gasteiger partial charge in [-0.1, -0.05) is 0 Å². The Morgan fingerprint density at radius 1 is 1.00 bits per heavy atom. The van der Waals surface area contributed by atoms with Gasteiger partial charge < -0.3 is 0 Å². The summed E-state index contributed by atoms with van der Waals surface area (Å²) in [5.41, 5.74) is 0. The van der Waals surface area contributed by atoms with Gasteiger partial charge in [0, 0.05) is 51.4 Å². The van der Waals surface area contributed by atoms with Crippen LogP contribution in [0.3, 0.4) is 0 Å². The molecule has 0 aliphatic carbocycles. The van der Waals surface area contributed by atoms with Crippen LogP contribution in [0.15, 0.2) is 18.5 Å². The van der Waals surface area contributed by atoms with Crippen LogP contribution in [0.2, 0.25) is 0 Å². The first-order valence-electron chi connectivity index (χ1n) is 1.58. The normalized spacial score (nSPS) is 6.86. The number of rotatable bonds is 0. The van der Waals surface area contributed by atoms with Crippen molar-refractivity contribution in [1.29, 1.82) is 0 Å². The Hall–Kier alpha value is 0.646. The maximum absolute atomic E-state index is 3.42. The van der Waals surface area contributed by atoms with Crippen LogP contribution in [0.25, 0.3) is 0 Å². The smallest absolute Gasteiger partial charge is 0.0529 e. The van der Waals surface area contributed by atoms with E-state index in [4.69, 9.17) is 0 Å². The van der Waals surface area contributed by atoms with E-state index in [2.05, 4.69) is 15.4 Å². The van der Waals surface area contributed by atoms with Crippen molar-refractivity contribution in [2.75, 3.05) is 0 Å². The summed E-state index contributed by atoms with van der Waals surface area (Å²) in [6.45, 7) is 0. The molecule has 1 radical (unpaired) electrons. The fourth-order valence-corrected chi connectivity index (χ4v) is 0.205. The van der Waals surface area contributed by atoms with Crippen molar-refractivity contribution < 1.29 is 0 Å². The summed E-state index contributed by atoms with van der Waals surface area (Å²) in [4.78, 5) is 0. The molecule has 0 saturated heterocycles. The van der Waals surface area contributed by atoms with Crippen molar-refractivity contribution in [3.8, 4) is 0 Å². The Morgan fingerprint density at radius 2 is 1.57 bits per heavy atom. The van der Waals surface area contributed by atoms with E-state index in [0.29, 0.717) is 0 Å². The van der Waals surface area contributed by atoms with E-state index in [1.165, 1.54) is 0 Å². The molecule has 0 amide bonds. The molecule has 1 aromatic rings. The van der Waals surface area contributed by atoms with E-state index in [9.17, 15) is 0 Å². The zero-order valence-electron chi connectivity index (χ0n) is 4.07. The second-order valence-electron chi connectivity index (χ2n) is 0.811.